The van der Waals surface area contributed by atoms with Crippen LogP contribution in [0.4, 0.5) is 0 Å². The van der Waals surface area contributed by atoms with Crippen molar-refractivity contribution < 1.29 is 4.74 Å². The van der Waals surface area contributed by atoms with Crippen LogP contribution in [0.3, 0.4) is 0 Å². The Labute approximate surface area is 117 Å². The molecule has 1 heterocycles. The fraction of sp³-hybridized carbons (Fsp3) is 0.125. The van der Waals surface area contributed by atoms with Crippen LogP contribution in [0.5, 0.6) is 5.75 Å². The summed E-state index contributed by atoms with van der Waals surface area (Å²) in [4.78, 5) is 0. The van der Waals surface area contributed by atoms with Gasteiger partial charge in [-0.05, 0) is 30.7 Å². The summed E-state index contributed by atoms with van der Waals surface area (Å²) in [5.41, 5.74) is 4.01. The smallest absolute Gasteiger partial charge is 0.119 e. The molecule has 4 nitrogen and oxygen atoms in total. The largest absolute Gasteiger partial charge is 0.497 e. The molecule has 20 heavy (non-hydrogen) atoms. The molecule has 0 unspecified atom stereocenters. The third kappa shape index (κ3) is 2.28. The zero-order chi connectivity index (χ0) is 13.9. The summed E-state index contributed by atoms with van der Waals surface area (Å²) < 4.78 is 7.03. The summed E-state index contributed by atoms with van der Waals surface area (Å²) in [7, 11) is 1.66. The summed E-state index contributed by atoms with van der Waals surface area (Å²) >= 11 is 0. The van der Waals surface area contributed by atoms with Gasteiger partial charge in [0.15, 0.2) is 0 Å². The molecule has 0 aliphatic rings. The summed E-state index contributed by atoms with van der Waals surface area (Å²) in [5, 5.41) is 8.44. The molecule has 0 bridgehead atoms. The van der Waals surface area contributed by atoms with E-state index in [9.17, 15) is 0 Å². The molecule has 0 N–H and O–H groups in total. The van der Waals surface area contributed by atoms with Crippen LogP contribution in [-0.4, -0.2) is 22.1 Å². The molecule has 0 saturated carbocycles. The van der Waals surface area contributed by atoms with Gasteiger partial charge in [-0.3, -0.25) is 0 Å². The van der Waals surface area contributed by atoms with Crippen molar-refractivity contribution in [1.29, 1.82) is 0 Å². The van der Waals surface area contributed by atoms with E-state index in [0.29, 0.717) is 0 Å². The fourth-order valence-corrected chi connectivity index (χ4v) is 2.12. The first-order chi connectivity index (χ1) is 9.78. The fourth-order valence-electron chi connectivity index (χ4n) is 2.12. The van der Waals surface area contributed by atoms with Crippen molar-refractivity contribution in [2.24, 2.45) is 0 Å². The number of rotatable bonds is 3. The second-order valence-corrected chi connectivity index (χ2v) is 4.57. The minimum Gasteiger partial charge on any atom is -0.497 e. The molecule has 0 radical (unpaired) electrons. The number of aryl methyl sites for hydroxylation is 1. The minimum absolute atomic E-state index is 0.813. The average molecular weight is 265 g/mol. The number of hydrogen-bond donors (Lipinski definition) is 0. The first-order valence-corrected chi connectivity index (χ1v) is 6.41. The second-order valence-electron chi connectivity index (χ2n) is 4.57. The lowest BCUT2D eigenvalue weighted by molar-refractivity contribution is 0.415. The summed E-state index contributed by atoms with van der Waals surface area (Å²) in [5.74, 6) is 0.813. The Morgan fingerprint density at radius 3 is 2.70 bits per heavy atom. The zero-order valence-corrected chi connectivity index (χ0v) is 11.4. The van der Waals surface area contributed by atoms with E-state index in [1.54, 1.807) is 11.8 Å². The summed E-state index contributed by atoms with van der Waals surface area (Å²) in [6, 6.07) is 15.9. The Bertz CT molecular complexity index is 734. The van der Waals surface area contributed by atoms with E-state index in [-0.39, 0.29) is 0 Å². The predicted molar refractivity (Wildman–Crippen MR) is 78.1 cm³/mol. The van der Waals surface area contributed by atoms with Gasteiger partial charge in [-0.1, -0.05) is 35.5 Å². The van der Waals surface area contributed by atoms with Crippen molar-refractivity contribution in [3.05, 3.63) is 60.3 Å². The molecule has 0 atom stereocenters. The van der Waals surface area contributed by atoms with E-state index in [1.807, 2.05) is 48.7 Å². The van der Waals surface area contributed by atoms with Crippen LogP contribution in [0.2, 0.25) is 0 Å². The van der Waals surface area contributed by atoms with E-state index < -0.39 is 0 Å². The Hall–Kier alpha value is -2.62. The molecular formula is C16H15N3O. The van der Waals surface area contributed by atoms with Crippen molar-refractivity contribution in [2.75, 3.05) is 7.11 Å². The Kier molecular flexibility index (Phi) is 3.21. The van der Waals surface area contributed by atoms with Crippen LogP contribution in [0, 0.1) is 6.92 Å². The Morgan fingerprint density at radius 2 is 1.90 bits per heavy atom. The first-order valence-electron chi connectivity index (χ1n) is 6.41. The Morgan fingerprint density at radius 1 is 1.05 bits per heavy atom. The van der Waals surface area contributed by atoms with Crippen molar-refractivity contribution in [2.45, 2.75) is 6.92 Å². The maximum absolute atomic E-state index is 5.23. The van der Waals surface area contributed by atoms with Crippen molar-refractivity contribution in [3.63, 3.8) is 0 Å². The molecule has 0 aliphatic heterocycles. The van der Waals surface area contributed by atoms with Gasteiger partial charge >= 0.3 is 0 Å². The van der Waals surface area contributed by atoms with Gasteiger partial charge in [0, 0.05) is 5.56 Å². The van der Waals surface area contributed by atoms with E-state index >= 15 is 0 Å². The summed E-state index contributed by atoms with van der Waals surface area (Å²) in [6.45, 7) is 2.06. The molecule has 4 heteroatoms. The second kappa shape index (κ2) is 5.17. The lowest BCUT2D eigenvalue weighted by Crippen LogP contribution is -1.96. The van der Waals surface area contributed by atoms with Crippen LogP contribution >= 0.6 is 0 Å². The van der Waals surface area contributed by atoms with Crippen LogP contribution in [-0.2, 0) is 0 Å². The molecule has 0 saturated heterocycles. The predicted octanol–water partition coefficient (Wildman–Crippen LogP) is 3.25. The SMILES string of the molecule is COc1cccc(-c2cn(-c3ccccc3C)nn2)c1. The van der Waals surface area contributed by atoms with Crippen molar-refractivity contribution >= 4 is 0 Å². The topological polar surface area (TPSA) is 39.9 Å². The molecule has 1 aromatic heterocycles. The van der Waals surface area contributed by atoms with E-state index in [2.05, 4.69) is 23.3 Å². The standard InChI is InChI=1S/C16H15N3O/c1-12-6-3-4-9-16(12)19-11-15(17-18-19)13-7-5-8-14(10-13)20-2/h3-11H,1-2H3. The van der Waals surface area contributed by atoms with Gasteiger partial charge in [0.25, 0.3) is 0 Å². The molecule has 0 fully saturated rings. The zero-order valence-electron chi connectivity index (χ0n) is 11.4. The van der Waals surface area contributed by atoms with Crippen LogP contribution in [0.1, 0.15) is 5.56 Å². The lowest BCUT2D eigenvalue weighted by atomic mass is 10.1. The first kappa shape index (κ1) is 12.4. The molecule has 100 valence electrons. The van der Waals surface area contributed by atoms with Gasteiger partial charge in [-0.25, -0.2) is 4.68 Å². The highest BCUT2D eigenvalue weighted by Gasteiger charge is 2.07. The number of hydrogen-bond acceptors (Lipinski definition) is 3. The van der Waals surface area contributed by atoms with Crippen molar-refractivity contribution in [3.8, 4) is 22.7 Å². The highest BCUT2D eigenvalue weighted by Crippen LogP contribution is 2.22. The van der Waals surface area contributed by atoms with Crippen LogP contribution < -0.4 is 4.74 Å². The summed E-state index contributed by atoms with van der Waals surface area (Å²) in [6.07, 6.45) is 1.93. The molecule has 0 amide bonds. The number of ether oxygens (including phenoxy) is 1. The van der Waals surface area contributed by atoms with E-state index in [0.717, 1.165) is 28.3 Å². The lowest BCUT2D eigenvalue weighted by Gasteiger charge is -2.03. The Balaban J connectivity index is 2.00. The maximum atomic E-state index is 5.23. The van der Waals surface area contributed by atoms with Gasteiger partial charge in [0.1, 0.15) is 11.4 Å². The minimum atomic E-state index is 0.813. The molecular weight excluding hydrogens is 250 g/mol. The maximum Gasteiger partial charge on any atom is 0.119 e. The third-order valence-corrected chi connectivity index (χ3v) is 3.22. The van der Waals surface area contributed by atoms with Gasteiger partial charge in [0.2, 0.25) is 0 Å². The highest BCUT2D eigenvalue weighted by molar-refractivity contribution is 5.60. The normalized spacial score (nSPS) is 10.5. The molecule has 2 aromatic carbocycles. The molecule has 3 aromatic rings. The average Bonchev–Trinajstić information content (AvgIpc) is 2.97. The number of nitrogens with zero attached hydrogens (tertiary/aromatic N) is 3. The molecule has 3 rings (SSSR count). The van der Waals surface area contributed by atoms with Gasteiger partial charge in [0.05, 0.1) is 19.0 Å². The monoisotopic (exact) mass is 265 g/mol. The third-order valence-electron chi connectivity index (χ3n) is 3.22. The van der Waals surface area contributed by atoms with Gasteiger partial charge < -0.3 is 4.74 Å². The van der Waals surface area contributed by atoms with E-state index in [1.165, 1.54) is 0 Å². The number of para-hydroxylation sites is 1. The van der Waals surface area contributed by atoms with Gasteiger partial charge in [-0.15, -0.1) is 5.10 Å². The van der Waals surface area contributed by atoms with E-state index in [4.69, 9.17) is 4.74 Å². The van der Waals surface area contributed by atoms with Crippen LogP contribution in [0.25, 0.3) is 16.9 Å². The molecule has 0 aliphatic carbocycles. The van der Waals surface area contributed by atoms with Crippen LogP contribution in [0.15, 0.2) is 54.7 Å². The quantitative estimate of drug-likeness (QED) is 0.729. The number of aromatic nitrogens is 3. The number of methoxy groups -OCH3 is 1. The number of benzene rings is 2. The van der Waals surface area contributed by atoms with Crippen molar-refractivity contribution in [1.82, 2.24) is 15.0 Å². The molecule has 0 spiro atoms. The highest BCUT2D eigenvalue weighted by atomic mass is 16.5. The van der Waals surface area contributed by atoms with Gasteiger partial charge in [-0.2, -0.15) is 0 Å².